The first kappa shape index (κ1) is 22.8. The summed E-state index contributed by atoms with van der Waals surface area (Å²) in [5.74, 6) is 1.58. The maximum Gasteiger partial charge on any atom is 0.236 e. The number of benzene rings is 1. The van der Waals surface area contributed by atoms with E-state index in [2.05, 4.69) is 39.6 Å². The Morgan fingerprint density at radius 1 is 1.24 bits per heavy atom. The number of nitrogens with one attached hydrogen (secondary N) is 1. The number of aromatic nitrogens is 4. The van der Waals surface area contributed by atoms with Crippen LogP contribution in [0, 0.1) is 13.8 Å². The molecule has 0 aliphatic carbocycles. The minimum atomic E-state index is -0.137. The molecule has 4 heterocycles. The van der Waals surface area contributed by atoms with Gasteiger partial charge in [-0.1, -0.05) is 41.6 Å². The fourth-order valence-corrected chi connectivity index (χ4v) is 5.33. The second kappa shape index (κ2) is 10.1. The molecular formula is C24H25N5O3S2. The summed E-state index contributed by atoms with van der Waals surface area (Å²) in [6.45, 7) is 5.37. The Hall–Kier alpha value is -2.95. The number of ether oxygens (including phenoxy) is 1. The van der Waals surface area contributed by atoms with E-state index < -0.39 is 0 Å². The first-order chi connectivity index (χ1) is 16.6. The molecule has 1 unspecified atom stereocenters. The molecule has 1 amide bonds. The molecule has 1 aliphatic rings. The van der Waals surface area contributed by atoms with Gasteiger partial charge in [0, 0.05) is 17.6 Å². The lowest BCUT2D eigenvalue weighted by Gasteiger charge is -2.14. The molecular weight excluding hydrogens is 470 g/mol. The molecule has 5 rings (SSSR count). The Labute approximate surface area is 205 Å². The molecule has 1 N–H and O–H groups in total. The molecule has 1 fully saturated rings. The number of carbonyl (C=O) groups is 1. The lowest BCUT2D eigenvalue weighted by molar-refractivity contribution is -0.113. The fourth-order valence-electron chi connectivity index (χ4n) is 3.84. The average Bonchev–Trinajstić information content (AvgIpc) is 3.62. The zero-order valence-corrected chi connectivity index (χ0v) is 20.6. The van der Waals surface area contributed by atoms with Gasteiger partial charge < -0.3 is 14.5 Å². The number of nitrogens with zero attached hydrogens (tertiary/aromatic N) is 4. The van der Waals surface area contributed by atoms with E-state index in [4.69, 9.17) is 9.15 Å². The van der Waals surface area contributed by atoms with Crippen molar-refractivity contribution in [3.63, 3.8) is 0 Å². The standard InChI is InChI=1S/C24H25N5O3S2/c1-15-5-7-17(8-6-15)20-13-33-23(25-20)26-21(30)14-34-24-28-27-22(19-9-11-31-16(19)2)29(24)12-18-4-3-10-32-18/h5-9,11,13,18H,3-4,10,12,14H2,1-2H3,(H,25,26,30). The van der Waals surface area contributed by atoms with Gasteiger partial charge in [-0.05, 0) is 32.8 Å². The van der Waals surface area contributed by atoms with Crippen molar-refractivity contribution in [1.82, 2.24) is 19.7 Å². The monoisotopic (exact) mass is 495 g/mol. The van der Waals surface area contributed by atoms with E-state index in [1.807, 2.05) is 35.1 Å². The highest BCUT2D eigenvalue weighted by Crippen LogP contribution is 2.29. The molecule has 176 valence electrons. The Morgan fingerprint density at radius 2 is 2.09 bits per heavy atom. The number of thioether (sulfide) groups is 1. The molecule has 0 spiro atoms. The minimum absolute atomic E-state index is 0.116. The van der Waals surface area contributed by atoms with Crippen molar-refractivity contribution in [2.75, 3.05) is 17.7 Å². The number of hydrogen-bond donors (Lipinski definition) is 1. The maximum absolute atomic E-state index is 12.7. The van der Waals surface area contributed by atoms with Crippen molar-refractivity contribution in [3.05, 3.63) is 53.3 Å². The highest BCUT2D eigenvalue weighted by atomic mass is 32.2. The number of rotatable bonds is 8. The topological polar surface area (TPSA) is 95.1 Å². The number of furan rings is 1. The predicted octanol–water partition coefficient (Wildman–Crippen LogP) is 5.19. The molecule has 0 bridgehead atoms. The Balaban J connectivity index is 1.26. The quantitative estimate of drug-likeness (QED) is 0.336. The first-order valence-electron chi connectivity index (χ1n) is 11.1. The third-order valence-electron chi connectivity index (χ3n) is 5.66. The number of thiazole rings is 1. The zero-order chi connectivity index (χ0) is 23.5. The molecule has 0 radical (unpaired) electrons. The molecule has 1 aromatic carbocycles. The van der Waals surface area contributed by atoms with E-state index >= 15 is 0 Å². The summed E-state index contributed by atoms with van der Waals surface area (Å²) in [6.07, 6.45) is 3.82. The predicted molar refractivity (Wildman–Crippen MR) is 133 cm³/mol. The van der Waals surface area contributed by atoms with Crippen LogP contribution < -0.4 is 5.32 Å². The van der Waals surface area contributed by atoms with Crippen molar-refractivity contribution in [2.45, 2.75) is 44.5 Å². The Bertz CT molecular complexity index is 1270. The van der Waals surface area contributed by atoms with E-state index in [1.54, 1.807) is 6.26 Å². The van der Waals surface area contributed by atoms with Crippen LogP contribution in [0.2, 0.25) is 0 Å². The number of hydrogen-bond acceptors (Lipinski definition) is 8. The van der Waals surface area contributed by atoms with E-state index in [-0.39, 0.29) is 17.8 Å². The summed E-state index contributed by atoms with van der Waals surface area (Å²) in [7, 11) is 0. The highest BCUT2D eigenvalue weighted by molar-refractivity contribution is 7.99. The molecule has 3 aromatic heterocycles. The second-order valence-corrected chi connectivity index (χ2v) is 9.98. The summed E-state index contributed by atoms with van der Waals surface area (Å²) >= 11 is 2.77. The van der Waals surface area contributed by atoms with Crippen LogP contribution in [-0.4, -0.2) is 44.1 Å². The SMILES string of the molecule is Cc1ccc(-c2csc(NC(=O)CSc3nnc(-c4ccoc4C)n3CC3CCCO3)n2)cc1. The van der Waals surface area contributed by atoms with Crippen LogP contribution in [0.5, 0.6) is 0 Å². The summed E-state index contributed by atoms with van der Waals surface area (Å²) in [5, 5.41) is 14.9. The van der Waals surface area contributed by atoms with Gasteiger partial charge in [-0.25, -0.2) is 4.98 Å². The highest BCUT2D eigenvalue weighted by Gasteiger charge is 2.23. The van der Waals surface area contributed by atoms with E-state index in [9.17, 15) is 4.79 Å². The molecule has 1 atom stereocenters. The van der Waals surface area contributed by atoms with Crippen LogP contribution in [0.25, 0.3) is 22.6 Å². The number of carbonyl (C=O) groups excluding carboxylic acids is 1. The second-order valence-electron chi connectivity index (χ2n) is 8.18. The average molecular weight is 496 g/mol. The zero-order valence-electron chi connectivity index (χ0n) is 19.0. The van der Waals surface area contributed by atoms with Crippen molar-refractivity contribution in [2.24, 2.45) is 0 Å². The molecule has 10 heteroatoms. The van der Waals surface area contributed by atoms with Gasteiger partial charge in [0.05, 0.1) is 35.9 Å². The van der Waals surface area contributed by atoms with Crippen LogP contribution >= 0.6 is 23.1 Å². The molecule has 1 saturated heterocycles. The number of anilines is 1. The van der Waals surface area contributed by atoms with Gasteiger partial charge in [-0.15, -0.1) is 21.5 Å². The van der Waals surface area contributed by atoms with Crippen molar-refractivity contribution in [1.29, 1.82) is 0 Å². The summed E-state index contributed by atoms with van der Waals surface area (Å²) in [4.78, 5) is 17.2. The van der Waals surface area contributed by atoms with Gasteiger partial charge in [-0.3, -0.25) is 9.36 Å². The van der Waals surface area contributed by atoms with Gasteiger partial charge in [0.1, 0.15) is 5.76 Å². The lowest BCUT2D eigenvalue weighted by Crippen LogP contribution is -2.18. The van der Waals surface area contributed by atoms with Gasteiger partial charge >= 0.3 is 0 Å². The smallest absolute Gasteiger partial charge is 0.236 e. The summed E-state index contributed by atoms with van der Waals surface area (Å²) in [5.41, 5.74) is 3.97. The summed E-state index contributed by atoms with van der Waals surface area (Å²) in [6, 6.07) is 10.1. The maximum atomic E-state index is 12.7. The lowest BCUT2D eigenvalue weighted by atomic mass is 10.1. The molecule has 0 saturated carbocycles. The van der Waals surface area contributed by atoms with Gasteiger partial charge in [0.15, 0.2) is 16.1 Å². The van der Waals surface area contributed by atoms with Crippen LogP contribution in [-0.2, 0) is 16.1 Å². The van der Waals surface area contributed by atoms with Gasteiger partial charge in [0.25, 0.3) is 0 Å². The van der Waals surface area contributed by atoms with Crippen LogP contribution in [0.1, 0.15) is 24.2 Å². The van der Waals surface area contributed by atoms with Gasteiger partial charge in [-0.2, -0.15) is 0 Å². The van der Waals surface area contributed by atoms with Crippen LogP contribution in [0.3, 0.4) is 0 Å². The van der Waals surface area contributed by atoms with E-state index in [1.165, 1.54) is 28.7 Å². The van der Waals surface area contributed by atoms with E-state index in [0.29, 0.717) is 16.8 Å². The van der Waals surface area contributed by atoms with Crippen molar-refractivity contribution >= 4 is 34.1 Å². The van der Waals surface area contributed by atoms with Crippen LogP contribution in [0.15, 0.2) is 51.5 Å². The Kier molecular flexibility index (Phi) is 6.80. The van der Waals surface area contributed by atoms with Crippen molar-refractivity contribution in [3.8, 4) is 22.6 Å². The van der Waals surface area contributed by atoms with E-state index in [0.717, 1.165) is 47.9 Å². The number of amides is 1. The largest absolute Gasteiger partial charge is 0.469 e. The minimum Gasteiger partial charge on any atom is -0.469 e. The first-order valence-corrected chi connectivity index (χ1v) is 13.0. The third-order valence-corrected chi connectivity index (χ3v) is 7.38. The summed E-state index contributed by atoms with van der Waals surface area (Å²) < 4.78 is 13.3. The normalized spacial score (nSPS) is 15.6. The third kappa shape index (κ3) is 5.08. The van der Waals surface area contributed by atoms with Gasteiger partial charge in [0.2, 0.25) is 5.91 Å². The molecule has 34 heavy (non-hydrogen) atoms. The molecule has 8 nitrogen and oxygen atoms in total. The number of aryl methyl sites for hydroxylation is 2. The molecule has 4 aromatic rings. The Morgan fingerprint density at radius 3 is 2.82 bits per heavy atom. The van der Waals surface area contributed by atoms with Crippen LogP contribution in [0.4, 0.5) is 5.13 Å². The van der Waals surface area contributed by atoms with Crippen molar-refractivity contribution < 1.29 is 13.9 Å². The fraction of sp³-hybridized carbons (Fsp3) is 0.333. The molecule has 1 aliphatic heterocycles.